The van der Waals surface area contributed by atoms with Crippen LogP contribution in [0.4, 0.5) is 0 Å². The van der Waals surface area contributed by atoms with Crippen LogP contribution in [0.5, 0.6) is 0 Å². The monoisotopic (exact) mass is 574 g/mol. The summed E-state index contributed by atoms with van der Waals surface area (Å²) in [6, 6.07) is 0. The predicted molar refractivity (Wildman–Crippen MR) is 155 cm³/mol. The minimum Gasteiger partial charge on any atom is -0.308 e. The first-order chi connectivity index (χ1) is 11.7. The van der Waals surface area contributed by atoms with Gasteiger partial charge in [-0.1, -0.05) is 0 Å². The minimum absolute atomic E-state index is 0. The molecule has 0 radical (unpaired) electrons. The van der Waals surface area contributed by atoms with Crippen molar-refractivity contribution in [3.05, 3.63) is 0 Å². The maximum atomic E-state index is 2.62. The highest BCUT2D eigenvalue weighted by atomic mass is 35.5. The molecule has 0 amide bonds. The third kappa shape index (κ3) is 36.2. The van der Waals surface area contributed by atoms with Crippen LogP contribution >= 0.6 is 74.4 Å². The Morgan fingerprint density at radius 2 is 0.484 bits per heavy atom. The van der Waals surface area contributed by atoms with Gasteiger partial charge in [0.1, 0.15) is 0 Å². The molecule has 6 nitrogen and oxygen atoms in total. The molecule has 0 saturated heterocycles. The lowest BCUT2D eigenvalue weighted by molar-refractivity contribution is 0.185. The first kappa shape index (κ1) is 49.6. The highest BCUT2D eigenvalue weighted by Gasteiger charge is 2.10. The van der Waals surface area contributed by atoms with Crippen molar-refractivity contribution < 1.29 is 0 Å². The fourth-order valence-corrected chi connectivity index (χ4v) is 2.55. The molecule has 31 heavy (non-hydrogen) atoms. The molecule has 0 bridgehead atoms. The normalized spacial score (nSPS) is 10.3. The summed E-state index contributed by atoms with van der Waals surface area (Å²) in [5.74, 6) is 0. The molecule has 0 fully saturated rings. The number of hydrogen-bond donors (Lipinski definition) is 0. The van der Waals surface area contributed by atoms with E-state index >= 15 is 0 Å². The lowest BCUT2D eigenvalue weighted by Crippen LogP contribution is -2.40. The molecule has 0 atom stereocenters. The zero-order valence-electron chi connectivity index (χ0n) is 20.9. The van der Waals surface area contributed by atoms with E-state index in [-0.39, 0.29) is 74.4 Å². The number of rotatable bonds is 16. The summed E-state index contributed by atoms with van der Waals surface area (Å²) < 4.78 is 0. The molecule has 12 heteroatoms. The molecule has 0 rings (SSSR count). The van der Waals surface area contributed by atoms with Gasteiger partial charge in [-0.05, 0) is 75.9 Å². The molecule has 0 N–H and O–H groups in total. The number of nitrogens with zero attached hydrogens (tertiary/aromatic N) is 6. The maximum Gasteiger partial charge on any atom is 0.0110 e. The van der Waals surface area contributed by atoms with Crippen LogP contribution in [-0.2, 0) is 0 Å². The van der Waals surface area contributed by atoms with Gasteiger partial charge in [0.25, 0.3) is 0 Å². The van der Waals surface area contributed by atoms with Gasteiger partial charge in [0.2, 0.25) is 0 Å². The molecule has 200 valence electrons. The standard InChI is InChI=1S/C19H46N6.6ClH/c1-20(2)12-16-24(17-13-21(3)4)10-9-11-25(18-14-22(5)6)19-15-23(7)8;;;;;;/h9-19H2,1-8H3;6*1H. The largest absolute Gasteiger partial charge is 0.308 e. The zero-order valence-corrected chi connectivity index (χ0v) is 25.8. The Morgan fingerprint density at radius 1 is 0.290 bits per heavy atom. The Bertz CT molecular complexity index is 264. The fraction of sp³-hybridized carbons (Fsp3) is 1.00. The Balaban J connectivity index is -0.000000192. The molecule has 0 aromatic carbocycles. The second-order valence-electron chi connectivity index (χ2n) is 8.25. The smallest absolute Gasteiger partial charge is 0.0110 e. The molecule has 0 aliphatic heterocycles. The predicted octanol–water partition coefficient (Wildman–Crippen LogP) is 2.76. The summed E-state index contributed by atoms with van der Waals surface area (Å²) in [5.41, 5.74) is 0. The van der Waals surface area contributed by atoms with Gasteiger partial charge in [0, 0.05) is 52.4 Å². The molecule has 0 aliphatic rings. The van der Waals surface area contributed by atoms with Crippen molar-refractivity contribution in [1.82, 2.24) is 29.4 Å². The van der Waals surface area contributed by atoms with Crippen molar-refractivity contribution in [2.24, 2.45) is 0 Å². The van der Waals surface area contributed by atoms with E-state index in [0.29, 0.717) is 0 Å². The maximum absolute atomic E-state index is 2.62. The molecule has 0 aliphatic carbocycles. The van der Waals surface area contributed by atoms with Crippen LogP contribution in [0.2, 0.25) is 0 Å². The van der Waals surface area contributed by atoms with Crippen LogP contribution in [0.15, 0.2) is 0 Å². The summed E-state index contributed by atoms with van der Waals surface area (Å²) >= 11 is 0. The Kier molecular flexibility index (Phi) is 50.4. The summed E-state index contributed by atoms with van der Waals surface area (Å²) in [6.07, 6.45) is 1.25. The van der Waals surface area contributed by atoms with E-state index in [1.165, 1.54) is 19.5 Å². The number of hydrogen-bond acceptors (Lipinski definition) is 6. The van der Waals surface area contributed by atoms with Gasteiger partial charge >= 0.3 is 0 Å². The van der Waals surface area contributed by atoms with Gasteiger partial charge in [0.15, 0.2) is 0 Å². The van der Waals surface area contributed by atoms with Gasteiger partial charge in [-0.15, -0.1) is 74.4 Å². The average molecular weight is 577 g/mol. The SMILES string of the molecule is CN(C)CCN(CCCN(CCN(C)C)CCN(C)C)CCN(C)C.Cl.Cl.Cl.Cl.Cl.Cl. The summed E-state index contributed by atoms with van der Waals surface area (Å²) in [5, 5.41) is 0. The van der Waals surface area contributed by atoms with Gasteiger partial charge in [-0.3, -0.25) is 0 Å². The first-order valence-corrected chi connectivity index (χ1v) is 9.74. The molecule has 0 unspecified atom stereocenters. The summed E-state index contributed by atoms with van der Waals surface area (Å²) in [7, 11) is 17.3. The van der Waals surface area contributed by atoms with Crippen molar-refractivity contribution in [3.63, 3.8) is 0 Å². The Morgan fingerprint density at radius 3 is 0.645 bits per heavy atom. The van der Waals surface area contributed by atoms with Crippen molar-refractivity contribution in [2.45, 2.75) is 6.42 Å². The van der Waals surface area contributed by atoms with E-state index in [4.69, 9.17) is 0 Å². The van der Waals surface area contributed by atoms with E-state index in [0.717, 1.165) is 52.4 Å². The van der Waals surface area contributed by atoms with Crippen molar-refractivity contribution in [1.29, 1.82) is 0 Å². The van der Waals surface area contributed by atoms with Gasteiger partial charge in [-0.25, -0.2) is 0 Å². The van der Waals surface area contributed by atoms with Crippen molar-refractivity contribution in [2.75, 3.05) is 122 Å². The van der Waals surface area contributed by atoms with E-state index < -0.39 is 0 Å². The molecule has 0 aromatic rings. The quantitative estimate of drug-likeness (QED) is 0.279. The van der Waals surface area contributed by atoms with Crippen molar-refractivity contribution >= 4 is 74.4 Å². The van der Waals surface area contributed by atoms with Crippen LogP contribution in [0.25, 0.3) is 0 Å². The zero-order chi connectivity index (χ0) is 19.2. The van der Waals surface area contributed by atoms with Gasteiger partial charge < -0.3 is 29.4 Å². The number of halogens is 6. The molecule has 0 aromatic heterocycles. The highest BCUT2D eigenvalue weighted by molar-refractivity contribution is 5.86. The average Bonchev–Trinajstić information content (AvgIpc) is 2.50. The minimum atomic E-state index is 0. The molecule has 0 saturated carbocycles. The third-order valence-electron chi connectivity index (χ3n) is 4.40. The topological polar surface area (TPSA) is 19.4 Å². The van der Waals surface area contributed by atoms with Gasteiger partial charge in [-0.2, -0.15) is 0 Å². The van der Waals surface area contributed by atoms with Crippen molar-refractivity contribution in [3.8, 4) is 0 Å². The Labute approximate surface area is 231 Å². The Hall–Kier alpha value is 1.50. The van der Waals surface area contributed by atoms with E-state index in [2.05, 4.69) is 85.8 Å². The fourth-order valence-electron chi connectivity index (χ4n) is 2.55. The van der Waals surface area contributed by atoms with Crippen LogP contribution in [0.1, 0.15) is 6.42 Å². The number of likely N-dealkylation sites (N-methyl/N-ethyl adjacent to an activating group) is 4. The van der Waals surface area contributed by atoms with Crippen LogP contribution in [0.3, 0.4) is 0 Å². The third-order valence-corrected chi connectivity index (χ3v) is 4.40. The van der Waals surface area contributed by atoms with Gasteiger partial charge in [0.05, 0.1) is 0 Å². The molecular formula is C19H52Cl6N6. The van der Waals surface area contributed by atoms with Crippen LogP contribution in [-0.4, -0.2) is 151 Å². The van der Waals surface area contributed by atoms with E-state index in [9.17, 15) is 0 Å². The lowest BCUT2D eigenvalue weighted by Gasteiger charge is -2.28. The van der Waals surface area contributed by atoms with E-state index in [1.54, 1.807) is 0 Å². The lowest BCUT2D eigenvalue weighted by atomic mass is 10.3. The van der Waals surface area contributed by atoms with E-state index in [1.807, 2.05) is 0 Å². The first-order valence-electron chi connectivity index (χ1n) is 9.74. The summed E-state index contributed by atoms with van der Waals surface area (Å²) in [6.45, 7) is 11.6. The molecule has 0 heterocycles. The second kappa shape index (κ2) is 31.5. The highest BCUT2D eigenvalue weighted by Crippen LogP contribution is 1.98. The second-order valence-corrected chi connectivity index (χ2v) is 8.25. The summed E-state index contributed by atoms with van der Waals surface area (Å²) in [4.78, 5) is 14.4. The van der Waals surface area contributed by atoms with Crippen LogP contribution < -0.4 is 0 Å². The molecular weight excluding hydrogens is 525 g/mol. The van der Waals surface area contributed by atoms with Crippen LogP contribution in [0, 0.1) is 0 Å². The molecule has 0 spiro atoms.